The van der Waals surface area contributed by atoms with Gasteiger partial charge in [-0.1, -0.05) is 102 Å². The van der Waals surface area contributed by atoms with E-state index in [-0.39, 0.29) is 69.0 Å². The van der Waals surface area contributed by atoms with Crippen molar-refractivity contribution < 1.29 is 71.8 Å². The van der Waals surface area contributed by atoms with Crippen molar-refractivity contribution in [2.24, 2.45) is 41.4 Å². The van der Waals surface area contributed by atoms with Gasteiger partial charge in [-0.15, -0.1) is 0 Å². The third kappa shape index (κ3) is 25.1. The second kappa shape index (κ2) is 41.0. The molecule has 2 saturated heterocycles. The van der Waals surface area contributed by atoms with E-state index >= 15 is 19.2 Å². The van der Waals surface area contributed by atoms with Crippen LogP contribution in [0, 0.1) is 41.4 Å². The Morgan fingerprint density at radius 3 is 1.46 bits per heavy atom. The molecule has 570 valence electrons. The number of carbonyl (C=O) groups is 13. The number of hydrogen-bond donors (Lipinski definition) is 5. The Bertz CT molecular complexity index is 2820. The Labute approximate surface area is 596 Å². The van der Waals surface area contributed by atoms with E-state index in [1.807, 2.05) is 41.5 Å². The first kappa shape index (κ1) is 88.9. The van der Waals surface area contributed by atoms with Gasteiger partial charge in [0.05, 0.1) is 6.61 Å². The summed E-state index contributed by atoms with van der Waals surface area (Å²) in [7, 11) is 8.37. The zero-order valence-corrected chi connectivity index (χ0v) is 65.2. The fourth-order valence-corrected chi connectivity index (χ4v) is 12.7. The van der Waals surface area contributed by atoms with Crippen LogP contribution in [0.1, 0.15) is 171 Å². The molecule has 0 unspecified atom stereocenters. The molecule has 0 aromatic rings. The van der Waals surface area contributed by atoms with Gasteiger partial charge in [0, 0.05) is 87.3 Å². The molecule has 12 amide bonds. The van der Waals surface area contributed by atoms with Gasteiger partial charge in [-0.05, 0) is 109 Å². The molecule has 14 atom stereocenters. The maximum Gasteiger partial charge on any atom is 0.303 e. The summed E-state index contributed by atoms with van der Waals surface area (Å²) >= 11 is 0. The molecule has 0 bridgehead atoms. The number of ether oxygens (including phenoxy) is 2. The van der Waals surface area contributed by atoms with Crippen molar-refractivity contribution in [3.05, 3.63) is 12.2 Å². The molecular formula is C72H127N13O15. The second-order valence-corrected chi connectivity index (χ2v) is 29.9. The molecule has 2 heterocycles. The molecule has 2 rings (SSSR count). The van der Waals surface area contributed by atoms with Crippen molar-refractivity contribution in [3.63, 3.8) is 0 Å². The summed E-state index contributed by atoms with van der Waals surface area (Å²) in [6.07, 6.45) is 2.76. The lowest BCUT2D eigenvalue weighted by molar-refractivity contribution is -0.164. The topological polar surface area (TPSA) is 326 Å². The van der Waals surface area contributed by atoms with Crippen molar-refractivity contribution in [2.45, 2.75) is 249 Å². The van der Waals surface area contributed by atoms with Crippen LogP contribution in [0.4, 0.5) is 0 Å². The maximum absolute atomic E-state index is 15.5. The number of amides is 12. The predicted octanol–water partition coefficient (Wildman–Crippen LogP) is 3.05. The van der Waals surface area contributed by atoms with Gasteiger partial charge in [-0.2, -0.15) is 0 Å². The van der Waals surface area contributed by atoms with Gasteiger partial charge in [0.2, 0.25) is 70.9 Å². The van der Waals surface area contributed by atoms with E-state index in [4.69, 9.17) is 9.47 Å². The van der Waals surface area contributed by atoms with E-state index in [0.717, 1.165) is 16.7 Å². The number of carbonyl (C=O) groups excluding carboxylic acids is 13. The first-order valence-electron chi connectivity index (χ1n) is 35.9. The molecule has 2 fully saturated rings. The van der Waals surface area contributed by atoms with Gasteiger partial charge in [0.25, 0.3) is 0 Å². The second-order valence-electron chi connectivity index (χ2n) is 29.9. The third-order valence-electron chi connectivity index (χ3n) is 19.2. The summed E-state index contributed by atoms with van der Waals surface area (Å²) in [5.74, 6) is -12.7. The molecule has 2 aliphatic rings. The summed E-state index contributed by atoms with van der Waals surface area (Å²) in [6.45, 7) is 35.9. The zero-order chi connectivity index (χ0) is 76.8. The minimum absolute atomic E-state index is 0.0609. The molecule has 0 aliphatic carbocycles. The van der Waals surface area contributed by atoms with Crippen LogP contribution in [0.3, 0.4) is 0 Å². The smallest absolute Gasteiger partial charge is 0.303 e. The first-order chi connectivity index (χ1) is 46.4. The third-order valence-corrected chi connectivity index (χ3v) is 19.2. The highest BCUT2D eigenvalue weighted by atomic mass is 16.5. The average Bonchev–Trinajstić information content (AvgIpc) is 0.798. The predicted molar refractivity (Wildman–Crippen MR) is 382 cm³/mol. The number of allylic oxidation sites excluding steroid dienone is 2. The van der Waals surface area contributed by atoms with Gasteiger partial charge in [0.15, 0.2) is 0 Å². The van der Waals surface area contributed by atoms with E-state index in [0.29, 0.717) is 32.2 Å². The van der Waals surface area contributed by atoms with Crippen LogP contribution in [0.5, 0.6) is 0 Å². The van der Waals surface area contributed by atoms with Crippen LogP contribution in [-0.4, -0.2) is 276 Å². The van der Waals surface area contributed by atoms with E-state index < -0.39 is 167 Å². The lowest BCUT2D eigenvalue weighted by Gasteiger charge is -2.42. The zero-order valence-electron chi connectivity index (χ0n) is 65.2. The lowest BCUT2D eigenvalue weighted by Crippen LogP contribution is -2.64. The molecular weight excluding hydrogens is 1290 g/mol. The standard InChI is InChI=1S/C72H127N13O15/c1-27-29-30-46(15)61(100-51(20)86)60-66(92)75-52(28-2)68(94)78(21)50(19)63(89)77-58(47(16)38-99-39-56(87)85-33-31-84(32-34-85)45(13)14)65(91)76-57(43(9)10)71(97)79(22)53(35-40(3)4)64(90)73-48(17)62(88)74-49(18)67(93)80(23)54(36-41(5)6)69(95)81(24)55(37-42(7)8)70(96)82(25)59(44(11)12)72(98)83(60)26/h27,29,40-50,52-55,57-61H,28,30-39H2,1-26H3,(H,73,90)(H,74,88)(H,75,92)(H,76,91)(H,77,89)/b29-27+/t46-,47-,48+,49-,50-,52+,53+,54+,55+,57+,58+,59+,60+,61-/m1/s1. The van der Waals surface area contributed by atoms with Crippen molar-refractivity contribution in [2.75, 3.05) is 81.7 Å². The minimum Gasteiger partial charge on any atom is -0.459 e. The average molecular weight is 1410 g/mol. The van der Waals surface area contributed by atoms with Crippen molar-refractivity contribution >= 4 is 76.9 Å². The van der Waals surface area contributed by atoms with Crippen molar-refractivity contribution in [1.82, 2.24) is 65.8 Å². The highest BCUT2D eigenvalue weighted by molar-refractivity contribution is 6.00. The van der Waals surface area contributed by atoms with Crippen LogP contribution in [-0.2, 0) is 71.8 Å². The molecule has 0 aromatic carbocycles. The first-order valence-corrected chi connectivity index (χ1v) is 35.9. The molecule has 2 aliphatic heterocycles. The summed E-state index contributed by atoms with van der Waals surface area (Å²) in [5, 5.41) is 13.8. The molecule has 0 spiro atoms. The molecule has 28 heteroatoms. The fraction of sp³-hybridized carbons (Fsp3) is 0.792. The van der Waals surface area contributed by atoms with Crippen LogP contribution < -0.4 is 26.6 Å². The van der Waals surface area contributed by atoms with E-state index in [9.17, 15) is 43.2 Å². The highest BCUT2D eigenvalue weighted by Gasteiger charge is 2.47. The number of likely N-dealkylation sites (N-methyl/N-ethyl adjacent to an activating group) is 6. The van der Waals surface area contributed by atoms with Crippen molar-refractivity contribution in [1.29, 1.82) is 0 Å². The summed E-state index contributed by atoms with van der Waals surface area (Å²) < 4.78 is 11.9. The molecule has 28 nitrogen and oxygen atoms in total. The number of nitrogens with one attached hydrogen (secondary N) is 5. The Morgan fingerprint density at radius 2 is 0.980 bits per heavy atom. The van der Waals surface area contributed by atoms with Gasteiger partial charge in [-0.3, -0.25) is 67.2 Å². The van der Waals surface area contributed by atoms with Crippen LogP contribution in [0.2, 0.25) is 0 Å². The Balaban J connectivity index is 3.06. The molecule has 5 N–H and O–H groups in total. The van der Waals surface area contributed by atoms with Crippen LogP contribution in [0.15, 0.2) is 12.2 Å². The van der Waals surface area contributed by atoms with Gasteiger partial charge >= 0.3 is 5.97 Å². The quantitative estimate of drug-likeness (QED) is 0.0864. The maximum atomic E-state index is 15.5. The van der Waals surface area contributed by atoms with Crippen molar-refractivity contribution in [3.8, 4) is 0 Å². The van der Waals surface area contributed by atoms with Crippen LogP contribution in [0.25, 0.3) is 0 Å². The number of piperazine rings is 1. The molecule has 0 aromatic heterocycles. The lowest BCUT2D eigenvalue weighted by atomic mass is 9.91. The number of nitrogens with zero attached hydrogens (tertiary/aromatic N) is 8. The van der Waals surface area contributed by atoms with E-state index in [1.165, 1.54) is 82.7 Å². The molecule has 0 radical (unpaired) electrons. The van der Waals surface area contributed by atoms with Crippen LogP contribution >= 0.6 is 0 Å². The normalized spacial score (nSPS) is 26.7. The summed E-state index contributed by atoms with van der Waals surface area (Å²) in [5.41, 5.74) is 0. The number of rotatable bonds is 20. The molecule has 100 heavy (non-hydrogen) atoms. The Hall–Kier alpha value is -7.23. The summed E-state index contributed by atoms with van der Waals surface area (Å²) in [4.78, 5) is 202. The van der Waals surface area contributed by atoms with Gasteiger partial charge in [0.1, 0.15) is 79.2 Å². The van der Waals surface area contributed by atoms with E-state index in [1.54, 1.807) is 72.4 Å². The highest BCUT2D eigenvalue weighted by Crippen LogP contribution is 2.27. The minimum atomic E-state index is -1.66. The molecule has 0 saturated carbocycles. The SMILES string of the molecule is C/C=C/C[C@@H](C)[C@@H](OC(C)=O)[C@H]1C(=O)N[C@@H](CC)C(=O)N(C)[C@H](C)C(=O)N[C@@H]([C@H](C)COCC(=O)N2CCN(C(C)C)CC2)C(=O)N[C@@H](C(C)C)C(=O)N(C)[C@@H](CC(C)C)C(=O)N[C@@H](C)C(=O)N[C@H](C)C(=O)N(C)[C@@H](CC(C)C)C(=O)N(C)[C@@H](CC(C)C)C(=O)N(C)[C@@H](C(C)C)C(=O)N1C. The van der Waals surface area contributed by atoms with Gasteiger partial charge in [-0.25, -0.2) is 0 Å². The summed E-state index contributed by atoms with van der Waals surface area (Å²) in [6, 6.07) is -14.4. The Kier molecular flexibility index (Phi) is 36.4. The number of esters is 1. The van der Waals surface area contributed by atoms with Gasteiger partial charge < -0.3 is 70.4 Å². The Morgan fingerprint density at radius 1 is 0.500 bits per heavy atom. The monoisotopic (exact) mass is 1410 g/mol. The van der Waals surface area contributed by atoms with E-state index in [2.05, 4.69) is 45.3 Å². The fourth-order valence-electron chi connectivity index (χ4n) is 12.7. The largest absolute Gasteiger partial charge is 0.459 e. The number of hydrogen-bond acceptors (Lipinski definition) is 16.